The van der Waals surface area contributed by atoms with Gasteiger partial charge in [-0.05, 0) is 85.0 Å². The summed E-state index contributed by atoms with van der Waals surface area (Å²) in [4.78, 5) is 9.99. The Morgan fingerprint density at radius 3 is 1.42 bits per heavy atom. The molecule has 184 valence electrons. The molecule has 0 radical (unpaired) electrons. The summed E-state index contributed by atoms with van der Waals surface area (Å²) in [5.74, 6) is 0. The average molecular weight is 491 g/mol. The molecule has 2 rings (SSSR count). The van der Waals surface area contributed by atoms with Gasteiger partial charge in [0.1, 0.15) is 0 Å². The van der Waals surface area contributed by atoms with Crippen LogP contribution in [0.2, 0.25) is 0 Å². The Morgan fingerprint density at radius 2 is 1.03 bits per heavy atom. The first kappa shape index (κ1) is 29.3. The van der Waals surface area contributed by atoms with E-state index < -0.39 is 0 Å². The van der Waals surface area contributed by atoms with Crippen molar-refractivity contribution < 1.29 is 16.5 Å². The zero-order valence-corrected chi connectivity index (χ0v) is 22.5. The van der Waals surface area contributed by atoms with Crippen LogP contribution in [0.5, 0.6) is 0 Å². The predicted molar refractivity (Wildman–Crippen MR) is 144 cm³/mol. The zero-order valence-electron chi connectivity index (χ0n) is 21.5. The fraction of sp³-hybridized carbons (Fsp3) is 0.533. The minimum absolute atomic E-state index is 0. The number of hydrogen-bond acceptors (Lipinski definition) is 2. The van der Waals surface area contributed by atoms with Crippen molar-refractivity contribution in [1.29, 1.82) is 0 Å². The van der Waals surface area contributed by atoms with Gasteiger partial charge >= 0.3 is 0 Å². The van der Waals surface area contributed by atoms with Crippen molar-refractivity contribution in [2.45, 2.75) is 105 Å². The number of benzene rings is 2. The molecule has 0 bridgehead atoms. The number of unbranched alkanes of at least 4 members (excludes halogenated alkanes) is 1. The minimum Gasteiger partial charge on any atom is -0.255 e. The second kappa shape index (κ2) is 16.8. The summed E-state index contributed by atoms with van der Waals surface area (Å²) >= 11 is 0. The maximum absolute atomic E-state index is 5.08. The van der Waals surface area contributed by atoms with Gasteiger partial charge in [0.15, 0.2) is 0 Å². The Kier molecular flexibility index (Phi) is 14.9. The maximum atomic E-state index is 5.08. The third-order valence-electron chi connectivity index (χ3n) is 5.65. The third-order valence-corrected chi connectivity index (χ3v) is 5.65. The zero-order chi connectivity index (χ0) is 23.2. The number of nitrogens with zero attached hydrogens (tertiary/aromatic N) is 2. The molecule has 0 heterocycles. The van der Waals surface area contributed by atoms with Gasteiger partial charge in [-0.15, -0.1) is 0 Å². The largest absolute Gasteiger partial charge is 0.255 e. The van der Waals surface area contributed by atoms with Crippen LogP contribution in [0.4, 0.5) is 11.4 Å². The maximum Gasteiger partial charge on any atom is 0.0639 e. The molecule has 0 fully saturated rings. The molecule has 0 aliphatic heterocycles. The molecule has 0 aromatic heterocycles. The van der Waals surface area contributed by atoms with Gasteiger partial charge in [0.05, 0.1) is 17.1 Å². The van der Waals surface area contributed by atoms with E-state index in [2.05, 4.69) is 71.0 Å². The first-order valence-electron chi connectivity index (χ1n) is 13.0. The van der Waals surface area contributed by atoms with Crippen LogP contribution in [0.3, 0.4) is 0 Å². The van der Waals surface area contributed by atoms with Crippen LogP contribution < -0.4 is 0 Å². The molecule has 0 aliphatic rings. The molecule has 2 aromatic rings. The van der Waals surface area contributed by atoms with Gasteiger partial charge in [-0.25, -0.2) is 0 Å². The van der Waals surface area contributed by atoms with E-state index in [0.717, 1.165) is 87.7 Å². The van der Waals surface area contributed by atoms with Crippen molar-refractivity contribution in [3.8, 4) is 0 Å². The Morgan fingerprint density at radius 1 is 0.606 bits per heavy atom. The van der Waals surface area contributed by atoms with Crippen molar-refractivity contribution in [1.82, 2.24) is 0 Å². The van der Waals surface area contributed by atoms with Crippen molar-refractivity contribution in [2.75, 3.05) is 0 Å². The van der Waals surface area contributed by atoms with Crippen LogP contribution >= 0.6 is 0 Å². The molecule has 0 N–H and O–H groups in total. The second-order valence-corrected chi connectivity index (χ2v) is 8.98. The standard InChI is InChI=1S/C30H44N2.Ni/c1-6-11-16-28(32-30-21-26(14-9-4)18-27(22-30)15-10-5)23-31-29-19-24(12-7-2)17-25(20-29)13-8-3;/h17-23H,6-16H2,1-5H3;/b31-23+,32-28+;. The van der Waals surface area contributed by atoms with Gasteiger partial charge in [0.25, 0.3) is 0 Å². The van der Waals surface area contributed by atoms with Crippen LogP contribution in [-0.2, 0) is 42.2 Å². The van der Waals surface area contributed by atoms with E-state index in [1.54, 1.807) is 0 Å². The van der Waals surface area contributed by atoms with E-state index in [0.29, 0.717) is 0 Å². The van der Waals surface area contributed by atoms with Gasteiger partial charge < -0.3 is 0 Å². The number of aliphatic imine (C=N–C) groups is 2. The fourth-order valence-corrected chi connectivity index (χ4v) is 4.18. The van der Waals surface area contributed by atoms with Crippen molar-refractivity contribution in [2.24, 2.45) is 9.98 Å². The molecule has 3 heteroatoms. The first-order chi connectivity index (χ1) is 15.6. The van der Waals surface area contributed by atoms with Gasteiger partial charge in [0, 0.05) is 22.7 Å². The molecule has 0 saturated heterocycles. The van der Waals surface area contributed by atoms with Crippen LogP contribution in [0.1, 0.15) is 102 Å². The number of aryl methyl sites for hydroxylation is 4. The summed E-state index contributed by atoms with van der Waals surface area (Å²) in [6.45, 7) is 11.2. The predicted octanol–water partition coefficient (Wildman–Crippen LogP) is 9.16. The Balaban J connectivity index is 0.00000544. The minimum atomic E-state index is 0. The number of rotatable bonds is 14. The summed E-state index contributed by atoms with van der Waals surface area (Å²) in [7, 11) is 0. The summed E-state index contributed by atoms with van der Waals surface area (Å²) in [5.41, 5.74) is 8.84. The third kappa shape index (κ3) is 10.8. The normalized spacial score (nSPS) is 11.7. The van der Waals surface area contributed by atoms with Crippen LogP contribution in [0.25, 0.3) is 0 Å². The summed E-state index contributed by atoms with van der Waals surface area (Å²) < 4.78 is 0. The fourth-order valence-electron chi connectivity index (χ4n) is 4.18. The monoisotopic (exact) mass is 490 g/mol. The summed E-state index contributed by atoms with van der Waals surface area (Å²) in [5, 5.41) is 0. The Bertz CT molecular complexity index is 834. The molecule has 0 unspecified atom stereocenters. The smallest absolute Gasteiger partial charge is 0.0639 e. The van der Waals surface area contributed by atoms with Crippen LogP contribution in [-0.4, -0.2) is 11.9 Å². The molecule has 0 spiro atoms. The molecule has 0 atom stereocenters. The summed E-state index contributed by atoms with van der Waals surface area (Å²) in [6.07, 6.45) is 14.4. The van der Waals surface area contributed by atoms with Crippen LogP contribution in [0, 0.1) is 0 Å². The van der Waals surface area contributed by atoms with E-state index >= 15 is 0 Å². The summed E-state index contributed by atoms with van der Waals surface area (Å²) in [6, 6.07) is 13.7. The Hall–Kier alpha value is -1.73. The molecule has 2 aromatic carbocycles. The molecule has 0 saturated carbocycles. The molecule has 2 nitrogen and oxygen atoms in total. The van der Waals surface area contributed by atoms with Crippen LogP contribution in [0.15, 0.2) is 46.4 Å². The molecule has 33 heavy (non-hydrogen) atoms. The first-order valence-corrected chi connectivity index (χ1v) is 13.0. The molecular formula is C30H44N2Ni. The Labute approximate surface area is 213 Å². The molecule has 0 aliphatic carbocycles. The second-order valence-electron chi connectivity index (χ2n) is 8.98. The van der Waals surface area contributed by atoms with E-state index in [4.69, 9.17) is 9.98 Å². The van der Waals surface area contributed by atoms with E-state index in [1.807, 2.05) is 6.21 Å². The van der Waals surface area contributed by atoms with E-state index in [9.17, 15) is 0 Å². The van der Waals surface area contributed by atoms with E-state index in [-0.39, 0.29) is 16.5 Å². The topological polar surface area (TPSA) is 24.7 Å². The van der Waals surface area contributed by atoms with Crippen molar-refractivity contribution in [3.05, 3.63) is 58.7 Å². The average Bonchev–Trinajstić information content (AvgIpc) is 2.76. The van der Waals surface area contributed by atoms with Gasteiger partial charge in [-0.3, -0.25) is 9.98 Å². The van der Waals surface area contributed by atoms with Crippen molar-refractivity contribution in [3.63, 3.8) is 0 Å². The molecule has 0 amide bonds. The quantitative estimate of drug-likeness (QED) is 0.186. The SMILES string of the molecule is CCCCC(/C=N/c1cc(CCC)cc(CCC)c1)=N\c1cc(CCC)cc(CCC)c1.[Ni]. The number of hydrogen-bond donors (Lipinski definition) is 0. The van der Waals surface area contributed by atoms with Gasteiger partial charge in [0.2, 0.25) is 0 Å². The van der Waals surface area contributed by atoms with Crippen molar-refractivity contribution >= 4 is 23.3 Å². The molecular weight excluding hydrogens is 447 g/mol. The van der Waals surface area contributed by atoms with E-state index in [1.165, 1.54) is 22.3 Å². The van der Waals surface area contributed by atoms with Gasteiger partial charge in [-0.2, -0.15) is 0 Å². The van der Waals surface area contributed by atoms with Gasteiger partial charge in [-0.1, -0.05) is 78.9 Å².